The van der Waals surface area contributed by atoms with Crippen molar-refractivity contribution in [3.63, 3.8) is 0 Å². The van der Waals surface area contributed by atoms with Gasteiger partial charge in [-0.3, -0.25) is 10.4 Å². The molecule has 0 fully saturated rings. The highest BCUT2D eigenvalue weighted by Gasteiger charge is 2.15. The maximum absolute atomic E-state index is 9.03. The second kappa shape index (κ2) is 15.1. The molecule has 0 bridgehead atoms. The molecule has 0 atom stereocenters. The molecule has 0 aliphatic carbocycles. The molecule has 0 aliphatic rings. The molecular weight excluding hydrogens is 623 g/mol. The number of nitrogens with two attached hydrogens (primary N) is 2. The van der Waals surface area contributed by atoms with E-state index >= 15 is 0 Å². The minimum atomic E-state index is 0.0975. The lowest BCUT2D eigenvalue weighted by Gasteiger charge is -2.14. The van der Waals surface area contributed by atoms with Crippen molar-refractivity contribution in [2.45, 2.75) is 6.54 Å². The zero-order valence-corrected chi connectivity index (χ0v) is 28.1. The molecule has 5 N–H and O–H groups in total. The van der Waals surface area contributed by atoms with E-state index in [9.17, 15) is 0 Å². The van der Waals surface area contributed by atoms with E-state index in [1.54, 1.807) is 0 Å². The zero-order chi connectivity index (χ0) is 35.0. The monoisotopic (exact) mass is 659 g/mol. The first kappa shape index (κ1) is 32.7. The van der Waals surface area contributed by atoms with Crippen LogP contribution in [0.15, 0.2) is 192 Å². The van der Waals surface area contributed by atoms with Crippen LogP contribution >= 0.6 is 0 Å². The Morgan fingerprint density at radius 3 is 1.78 bits per heavy atom. The lowest BCUT2D eigenvalue weighted by atomic mass is 9.91. The number of nitrogens with one attached hydrogen (secondary N) is 1. The highest BCUT2D eigenvalue weighted by Crippen LogP contribution is 2.33. The first-order valence-electron chi connectivity index (χ1n) is 16.9. The third-order valence-corrected chi connectivity index (χ3v) is 8.85. The normalized spacial score (nSPS) is 12.2. The average Bonchev–Trinajstić information content (AvgIpc) is 3.20. The van der Waals surface area contributed by atoms with Crippen LogP contribution in [-0.2, 0) is 6.54 Å². The van der Waals surface area contributed by atoms with Crippen molar-refractivity contribution >= 4 is 33.9 Å². The van der Waals surface area contributed by atoms with Gasteiger partial charge in [-0.1, -0.05) is 170 Å². The molecule has 5 nitrogen and oxygen atoms in total. The quantitative estimate of drug-likeness (QED) is 0.106. The third kappa shape index (κ3) is 7.58. The number of amidine groups is 2. The molecule has 0 aliphatic heterocycles. The van der Waals surface area contributed by atoms with Gasteiger partial charge in [0.1, 0.15) is 5.84 Å². The second-order valence-corrected chi connectivity index (χ2v) is 12.2. The first-order valence-corrected chi connectivity index (χ1v) is 16.9. The molecule has 5 heteroatoms. The lowest BCUT2D eigenvalue weighted by molar-refractivity contribution is 1.07. The van der Waals surface area contributed by atoms with Crippen LogP contribution in [-0.4, -0.2) is 17.4 Å². The molecule has 0 unspecified atom stereocenters. The number of aliphatic imine (C=N–C) groups is 2. The van der Waals surface area contributed by atoms with Crippen molar-refractivity contribution in [2.75, 3.05) is 0 Å². The first-order chi connectivity index (χ1) is 25.0. The van der Waals surface area contributed by atoms with E-state index in [2.05, 4.69) is 89.9 Å². The summed E-state index contributed by atoms with van der Waals surface area (Å²) < 4.78 is 0. The topological polar surface area (TPSA) is 101 Å². The summed E-state index contributed by atoms with van der Waals surface area (Å²) >= 11 is 0. The van der Waals surface area contributed by atoms with Crippen LogP contribution in [0.25, 0.3) is 38.7 Å². The Morgan fingerprint density at radius 2 is 1.10 bits per heavy atom. The van der Waals surface area contributed by atoms with E-state index in [1.807, 2.05) is 97.1 Å². The lowest BCUT2D eigenvalue weighted by Crippen LogP contribution is -2.16. The molecule has 7 aromatic rings. The van der Waals surface area contributed by atoms with Gasteiger partial charge >= 0.3 is 0 Å². The van der Waals surface area contributed by atoms with Crippen LogP contribution in [0.3, 0.4) is 0 Å². The summed E-state index contributed by atoms with van der Waals surface area (Å²) in [4.78, 5) is 9.62. The number of hydrogen-bond acceptors (Lipinski definition) is 3. The summed E-state index contributed by atoms with van der Waals surface area (Å²) in [5.74, 6) is 0.397. The van der Waals surface area contributed by atoms with Crippen molar-refractivity contribution in [2.24, 2.45) is 21.5 Å². The minimum Gasteiger partial charge on any atom is -0.398 e. The van der Waals surface area contributed by atoms with Gasteiger partial charge in [-0.05, 0) is 56.3 Å². The van der Waals surface area contributed by atoms with Gasteiger partial charge in [0.15, 0.2) is 5.84 Å². The van der Waals surface area contributed by atoms with Crippen LogP contribution in [0, 0.1) is 5.41 Å². The van der Waals surface area contributed by atoms with Crippen molar-refractivity contribution in [1.29, 1.82) is 5.41 Å². The van der Waals surface area contributed by atoms with Gasteiger partial charge in [-0.15, -0.1) is 0 Å². The number of hydrogen-bond donors (Lipinski definition) is 3. The number of fused-ring (bicyclic) bond motifs is 1. The van der Waals surface area contributed by atoms with Crippen molar-refractivity contribution in [3.05, 3.63) is 210 Å². The van der Waals surface area contributed by atoms with Gasteiger partial charge in [0, 0.05) is 22.4 Å². The van der Waals surface area contributed by atoms with Crippen molar-refractivity contribution in [3.8, 4) is 22.3 Å². The Morgan fingerprint density at radius 1 is 0.529 bits per heavy atom. The third-order valence-electron chi connectivity index (χ3n) is 8.85. The molecule has 0 saturated carbocycles. The van der Waals surface area contributed by atoms with E-state index < -0.39 is 0 Å². The molecule has 51 heavy (non-hydrogen) atoms. The minimum absolute atomic E-state index is 0.0975. The Kier molecular flexibility index (Phi) is 9.71. The Bertz CT molecular complexity index is 2380. The molecule has 0 aromatic heterocycles. The Hall–Kier alpha value is -6.85. The molecule has 7 rings (SSSR count). The van der Waals surface area contributed by atoms with Gasteiger partial charge in [0.2, 0.25) is 0 Å². The van der Waals surface area contributed by atoms with Gasteiger partial charge in [0.05, 0.1) is 12.3 Å². The summed E-state index contributed by atoms with van der Waals surface area (Å²) in [6, 6.07) is 58.8. The molecule has 0 saturated heterocycles. The van der Waals surface area contributed by atoms with E-state index in [-0.39, 0.29) is 5.84 Å². The zero-order valence-electron chi connectivity index (χ0n) is 28.1. The highest BCUT2D eigenvalue weighted by molar-refractivity contribution is 6.16. The van der Waals surface area contributed by atoms with Crippen LogP contribution in [0.4, 0.5) is 0 Å². The maximum atomic E-state index is 9.03. The predicted molar refractivity (Wildman–Crippen MR) is 214 cm³/mol. The fraction of sp³-hybridized carbons (Fsp3) is 0.0217. The molecule has 0 radical (unpaired) electrons. The summed E-state index contributed by atoms with van der Waals surface area (Å²) in [6.45, 7) is 0.496. The van der Waals surface area contributed by atoms with E-state index in [0.717, 1.165) is 49.9 Å². The summed E-state index contributed by atoms with van der Waals surface area (Å²) in [6.07, 6.45) is 1.95. The average molecular weight is 660 g/mol. The van der Waals surface area contributed by atoms with Gasteiger partial charge < -0.3 is 11.5 Å². The molecular formula is C46H37N5. The van der Waals surface area contributed by atoms with Gasteiger partial charge in [-0.2, -0.15) is 0 Å². The van der Waals surface area contributed by atoms with E-state index in [1.165, 1.54) is 11.1 Å². The Balaban J connectivity index is 1.25. The fourth-order valence-corrected chi connectivity index (χ4v) is 6.13. The molecule has 0 heterocycles. The van der Waals surface area contributed by atoms with Crippen LogP contribution in [0.1, 0.15) is 27.8 Å². The van der Waals surface area contributed by atoms with Crippen LogP contribution in [0.5, 0.6) is 0 Å². The largest absolute Gasteiger partial charge is 0.398 e. The summed E-state index contributed by atoms with van der Waals surface area (Å²) in [5, 5.41) is 11.1. The highest BCUT2D eigenvalue weighted by atomic mass is 14.9. The standard InChI is InChI=1S/C46H37N5/c47-42(36-15-6-2-7-16-36)30-43(50-31-32-20-22-34(23-21-32)33-12-4-1-5-13-33)37-24-26-38(27-25-37)44-40-19-11-10-14-35(40)28-29-41(44)46(49)51-45(48)39-17-8-3-9-18-39/h1-30H,31,47H2,(H3,48,49,51)/b42-30-,50-43?. The summed E-state index contributed by atoms with van der Waals surface area (Å²) in [5.41, 5.74) is 23.1. The summed E-state index contributed by atoms with van der Waals surface area (Å²) in [7, 11) is 0. The molecule has 0 amide bonds. The molecule has 7 aromatic carbocycles. The van der Waals surface area contributed by atoms with Crippen molar-refractivity contribution in [1.82, 2.24) is 0 Å². The van der Waals surface area contributed by atoms with Crippen LogP contribution in [0.2, 0.25) is 0 Å². The maximum Gasteiger partial charge on any atom is 0.154 e. The van der Waals surface area contributed by atoms with Crippen LogP contribution < -0.4 is 11.5 Å². The second-order valence-electron chi connectivity index (χ2n) is 12.2. The Labute approximate surface area is 298 Å². The van der Waals surface area contributed by atoms with Gasteiger partial charge in [-0.25, -0.2) is 4.99 Å². The van der Waals surface area contributed by atoms with E-state index in [4.69, 9.17) is 21.9 Å². The van der Waals surface area contributed by atoms with E-state index in [0.29, 0.717) is 23.6 Å². The fourth-order valence-electron chi connectivity index (χ4n) is 6.13. The van der Waals surface area contributed by atoms with Crippen molar-refractivity contribution < 1.29 is 0 Å². The predicted octanol–water partition coefficient (Wildman–Crippen LogP) is 9.89. The number of nitrogens with zero attached hydrogens (tertiary/aromatic N) is 2. The SMILES string of the molecule is N=C(N=C(N)c1ccccc1)c1ccc2ccccc2c1-c1ccc(C(/C=C(\N)c2ccccc2)=NCc2ccc(-c3ccccc3)cc2)cc1. The number of benzene rings is 7. The number of rotatable bonds is 9. The van der Waals surface area contributed by atoms with Gasteiger partial charge in [0.25, 0.3) is 0 Å². The molecule has 246 valence electrons. The smallest absolute Gasteiger partial charge is 0.154 e. The molecule has 0 spiro atoms. The number of allylic oxidation sites excluding steroid dienone is 1.